The molecular formula is C21H30N4O7. The van der Waals surface area contributed by atoms with E-state index >= 15 is 0 Å². The number of nitrogens with one attached hydrogen (secondary N) is 3. The van der Waals surface area contributed by atoms with Gasteiger partial charge in [-0.3, -0.25) is 19.2 Å². The third-order valence-corrected chi connectivity index (χ3v) is 4.41. The minimum Gasteiger partial charge on any atom is -0.481 e. The Balaban J connectivity index is 2.79. The van der Waals surface area contributed by atoms with Crippen LogP contribution >= 0.6 is 0 Å². The second-order valence-electron chi connectivity index (χ2n) is 7.76. The summed E-state index contributed by atoms with van der Waals surface area (Å²) >= 11 is 0. The average Bonchev–Trinajstić information content (AvgIpc) is 2.70. The molecular weight excluding hydrogens is 420 g/mol. The molecule has 0 aliphatic rings. The third-order valence-electron chi connectivity index (χ3n) is 4.41. The fraction of sp³-hybridized carbons (Fsp3) is 0.476. The van der Waals surface area contributed by atoms with Crippen LogP contribution in [0.2, 0.25) is 0 Å². The maximum Gasteiger partial charge on any atom is 0.326 e. The molecule has 7 N–H and O–H groups in total. The van der Waals surface area contributed by atoms with Crippen molar-refractivity contribution in [3.8, 4) is 0 Å². The standard InChI is InChI=1S/C21H30N4O7/c1-12(2)8-16(21(31)32)24-17(26)11-23-20(30)15(9-13-6-4-3-5-7-13)25-19(29)14(22)10-18(27)28/h3-7,12,14-16H,8-11,22H2,1-2H3,(H,23,30)(H,24,26)(H,25,29)(H,27,28)(H,31,32). The minimum atomic E-state index is -1.35. The van der Waals surface area contributed by atoms with Crippen molar-refractivity contribution < 1.29 is 34.2 Å². The van der Waals surface area contributed by atoms with E-state index in [9.17, 15) is 29.1 Å². The van der Waals surface area contributed by atoms with Crippen molar-refractivity contribution >= 4 is 29.7 Å². The van der Waals surface area contributed by atoms with Gasteiger partial charge in [-0.15, -0.1) is 0 Å². The Hall–Kier alpha value is -3.47. The van der Waals surface area contributed by atoms with E-state index in [4.69, 9.17) is 10.8 Å². The smallest absolute Gasteiger partial charge is 0.326 e. The molecule has 3 unspecified atom stereocenters. The average molecular weight is 450 g/mol. The molecule has 3 atom stereocenters. The zero-order chi connectivity index (χ0) is 24.3. The summed E-state index contributed by atoms with van der Waals surface area (Å²) in [4.78, 5) is 59.0. The van der Waals surface area contributed by atoms with Gasteiger partial charge in [-0.05, 0) is 17.9 Å². The van der Waals surface area contributed by atoms with Crippen LogP contribution in [-0.2, 0) is 30.4 Å². The quantitative estimate of drug-likeness (QED) is 0.226. The highest BCUT2D eigenvalue weighted by atomic mass is 16.4. The van der Waals surface area contributed by atoms with Gasteiger partial charge in [0.2, 0.25) is 17.7 Å². The van der Waals surface area contributed by atoms with Crippen LogP contribution in [0.25, 0.3) is 0 Å². The highest BCUT2D eigenvalue weighted by molar-refractivity contribution is 5.93. The summed E-state index contributed by atoms with van der Waals surface area (Å²) in [7, 11) is 0. The summed E-state index contributed by atoms with van der Waals surface area (Å²) in [6.07, 6.45) is -0.311. The Morgan fingerprint density at radius 2 is 1.56 bits per heavy atom. The topological polar surface area (TPSA) is 188 Å². The molecule has 0 spiro atoms. The van der Waals surface area contributed by atoms with Gasteiger partial charge in [0.25, 0.3) is 0 Å². The molecule has 0 radical (unpaired) electrons. The SMILES string of the molecule is CC(C)CC(NC(=O)CNC(=O)C(Cc1ccccc1)NC(=O)C(N)CC(=O)O)C(=O)O. The fourth-order valence-electron chi connectivity index (χ4n) is 2.85. The highest BCUT2D eigenvalue weighted by Crippen LogP contribution is 2.06. The van der Waals surface area contributed by atoms with Crippen LogP contribution in [0.1, 0.15) is 32.3 Å². The summed E-state index contributed by atoms with van der Waals surface area (Å²) in [5, 5.41) is 25.1. The molecule has 1 rings (SSSR count). The molecule has 32 heavy (non-hydrogen) atoms. The minimum absolute atomic E-state index is 0.0338. The van der Waals surface area contributed by atoms with Crippen LogP contribution in [0.15, 0.2) is 30.3 Å². The van der Waals surface area contributed by atoms with Gasteiger partial charge >= 0.3 is 11.9 Å². The van der Waals surface area contributed by atoms with Gasteiger partial charge in [-0.2, -0.15) is 0 Å². The lowest BCUT2D eigenvalue weighted by molar-refractivity contribution is -0.142. The predicted molar refractivity (Wildman–Crippen MR) is 114 cm³/mol. The number of hydrogen-bond donors (Lipinski definition) is 6. The van der Waals surface area contributed by atoms with E-state index in [-0.39, 0.29) is 18.8 Å². The molecule has 0 saturated carbocycles. The van der Waals surface area contributed by atoms with E-state index in [1.807, 2.05) is 13.8 Å². The van der Waals surface area contributed by atoms with Crippen LogP contribution in [-0.4, -0.2) is 64.5 Å². The van der Waals surface area contributed by atoms with E-state index in [1.165, 1.54) is 0 Å². The lowest BCUT2D eigenvalue weighted by Crippen LogP contribution is -2.54. The number of carbonyl (C=O) groups excluding carboxylic acids is 3. The van der Waals surface area contributed by atoms with Crippen LogP contribution in [0.5, 0.6) is 0 Å². The normalized spacial score (nSPS) is 13.5. The predicted octanol–water partition coefficient (Wildman–Crippen LogP) is -0.752. The number of rotatable bonds is 13. The van der Waals surface area contributed by atoms with Gasteiger partial charge in [0.05, 0.1) is 19.0 Å². The Labute approximate surface area is 185 Å². The van der Waals surface area contributed by atoms with Gasteiger partial charge < -0.3 is 31.9 Å². The zero-order valence-corrected chi connectivity index (χ0v) is 18.0. The number of hydrogen-bond acceptors (Lipinski definition) is 6. The Morgan fingerprint density at radius 3 is 2.09 bits per heavy atom. The molecule has 3 amide bonds. The first-order valence-electron chi connectivity index (χ1n) is 10.1. The first-order chi connectivity index (χ1) is 15.0. The number of carbonyl (C=O) groups is 5. The Kier molecular flexibility index (Phi) is 10.8. The van der Waals surface area contributed by atoms with E-state index in [1.54, 1.807) is 30.3 Å². The summed E-state index contributed by atoms with van der Waals surface area (Å²) in [6.45, 7) is 3.13. The third kappa shape index (κ3) is 10.0. The first kappa shape index (κ1) is 26.6. The van der Waals surface area contributed by atoms with E-state index in [2.05, 4.69) is 16.0 Å². The highest BCUT2D eigenvalue weighted by Gasteiger charge is 2.26. The van der Waals surface area contributed by atoms with Gasteiger partial charge in [0.15, 0.2) is 0 Å². The summed E-state index contributed by atoms with van der Waals surface area (Å²) < 4.78 is 0. The molecule has 11 heteroatoms. The molecule has 0 heterocycles. The molecule has 0 bridgehead atoms. The van der Waals surface area contributed by atoms with E-state index < -0.39 is 60.8 Å². The fourth-order valence-corrected chi connectivity index (χ4v) is 2.85. The van der Waals surface area contributed by atoms with Crippen LogP contribution < -0.4 is 21.7 Å². The van der Waals surface area contributed by atoms with Crippen LogP contribution in [0.3, 0.4) is 0 Å². The molecule has 0 fully saturated rings. The lowest BCUT2D eigenvalue weighted by atomic mass is 10.0. The number of carboxylic acid groups (broad SMARTS) is 2. The summed E-state index contributed by atoms with van der Waals surface area (Å²) in [6, 6.07) is 5.18. The molecule has 176 valence electrons. The Morgan fingerprint density at radius 1 is 0.938 bits per heavy atom. The maximum absolute atomic E-state index is 12.7. The number of carboxylic acids is 2. The molecule has 11 nitrogen and oxygen atoms in total. The number of amides is 3. The van der Waals surface area contributed by atoms with Crippen LogP contribution in [0, 0.1) is 5.92 Å². The lowest BCUT2D eigenvalue weighted by Gasteiger charge is -2.21. The number of aliphatic carboxylic acids is 2. The molecule has 0 aliphatic heterocycles. The maximum atomic E-state index is 12.7. The largest absolute Gasteiger partial charge is 0.481 e. The van der Waals surface area contributed by atoms with Crippen LogP contribution in [0.4, 0.5) is 0 Å². The second kappa shape index (κ2) is 13.1. The monoisotopic (exact) mass is 450 g/mol. The van der Waals surface area contributed by atoms with E-state index in [0.717, 1.165) is 0 Å². The Bertz CT molecular complexity index is 814. The van der Waals surface area contributed by atoms with Crippen molar-refractivity contribution in [2.75, 3.05) is 6.54 Å². The van der Waals surface area contributed by atoms with Crippen molar-refractivity contribution in [1.82, 2.24) is 16.0 Å². The van der Waals surface area contributed by atoms with Gasteiger partial charge in [-0.25, -0.2) is 4.79 Å². The summed E-state index contributed by atoms with van der Waals surface area (Å²) in [5.74, 6) is -4.63. The molecule has 0 aliphatic carbocycles. The molecule has 1 aromatic rings. The molecule has 0 aromatic heterocycles. The first-order valence-corrected chi connectivity index (χ1v) is 10.1. The van der Waals surface area contributed by atoms with Gasteiger partial charge in [0, 0.05) is 6.42 Å². The number of benzene rings is 1. The second-order valence-corrected chi connectivity index (χ2v) is 7.76. The molecule has 1 aromatic carbocycles. The van der Waals surface area contributed by atoms with Crippen molar-refractivity contribution in [1.29, 1.82) is 0 Å². The van der Waals surface area contributed by atoms with Crippen molar-refractivity contribution in [3.63, 3.8) is 0 Å². The van der Waals surface area contributed by atoms with E-state index in [0.29, 0.717) is 5.56 Å². The van der Waals surface area contributed by atoms with Crippen molar-refractivity contribution in [3.05, 3.63) is 35.9 Å². The molecule has 0 saturated heterocycles. The zero-order valence-electron chi connectivity index (χ0n) is 18.0. The number of nitrogens with two attached hydrogens (primary N) is 1. The van der Waals surface area contributed by atoms with Gasteiger partial charge in [-0.1, -0.05) is 44.2 Å². The summed E-state index contributed by atoms with van der Waals surface area (Å²) in [5.41, 5.74) is 6.28. The van der Waals surface area contributed by atoms with Gasteiger partial charge in [0.1, 0.15) is 12.1 Å². The van der Waals surface area contributed by atoms with Crippen molar-refractivity contribution in [2.24, 2.45) is 11.7 Å². The van der Waals surface area contributed by atoms with Crippen molar-refractivity contribution in [2.45, 2.75) is 51.2 Å².